The minimum Gasteiger partial charge on any atom is -0.425 e. The monoisotopic (exact) mass is 499 g/mol. The molecule has 2 aromatic heterocycles. The highest BCUT2D eigenvalue weighted by molar-refractivity contribution is 9.10. The molecule has 30 heavy (non-hydrogen) atoms. The first kappa shape index (κ1) is 19.3. The Hall–Kier alpha value is -2.68. The van der Waals surface area contributed by atoms with E-state index >= 15 is 0 Å². The molecule has 3 heterocycles. The van der Waals surface area contributed by atoms with Crippen LogP contribution in [0, 0.1) is 0 Å². The number of anilines is 1. The lowest BCUT2D eigenvalue weighted by molar-refractivity contribution is 0.171. The predicted octanol–water partition coefficient (Wildman–Crippen LogP) is 5.53. The molecule has 1 aliphatic heterocycles. The number of fused-ring (bicyclic) bond motifs is 3. The van der Waals surface area contributed by atoms with Crippen molar-refractivity contribution < 1.29 is 5.21 Å². The Bertz CT molecular complexity index is 1320. The maximum absolute atomic E-state index is 11.0. The molecule has 0 unspecified atom stereocenters. The van der Waals surface area contributed by atoms with E-state index in [1.165, 1.54) is 11.3 Å². The van der Waals surface area contributed by atoms with Gasteiger partial charge in [0.25, 0.3) is 5.62 Å². The van der Waals surface area contributed by atoms with E-state index in [-0.39, 0.29) is 5.62 Å². The lowest BCUT2D eigenvalue weighted by atomic mass is 10.1. The fourth-order valence-electron chi connectivity index (χ4n) is 3.39. The molecule has 9 heteroatoms. The van der Waals surface area contributed by atoms with E-state index in [1.807, 2.05) is 41.8 Å². The Balaban J connectivity index is 1.60. The molecule has 0 aliphatic carbocycles. The van der Waals surface area contributed by atoms with Gasteiger partial charge in [-0.1, -0.05) is 39.7 Å². The first-order valence-electron chi connectivity index (χ1n) is 9.19. The maximum Gasteiger partial charge on any atom is 0.266 e. The number of halogens is 2. The van der Waals surface area contributed by atoms with E-state index in [0.29, 0.717) is 15.8 Å². The Morgan fingerprint density at radius 2 is 2.03 bits per heavy atom. The molecule has 1 aliphatic rings. The van der Waals surface area contributed by atoms with E-state index in [9.17, 15) is 5.21 Å². The first-order chi connectivity index (χ1) is 14.6. The summed E-state index contributed by atoms with van der Waals surface area (Å²) in [5.41, 5.74) is 5.31. The van der Waals surface area contributed by atoms with Crippen molar-refractivity contribution in [3.63, 3.8) is 0 Å². The third kappa shape index (κ3) is 3.62. The fourth-order valence-corrected chi connectivity index (χ4v) is 4.52. The second kappa shape index (κ2) is 7.86. The molecule has 0 fully saturated rings. The van der Waals surface area contributed by atoms with Gasteiger partial charge in [0.05, 0.1) is 11.4 Å². The van der Waals surface area contributed by atoms with Crippen LogP contribution < -0.4 is 10.9 Å². The highest BCUT2D eigenvalue weighted by Crippen LogP contribution is 2.34. The smallest absolute Gasteiger partial charge is 0.266 e. The molecule has 0 spiro atoms. The molecule has 150 valence electrons. The molecule has 6 nitrogen and oxygen atoms in total. The summed E-state index contributed by atoms with van der Waals surface area (Å²) in [6.45, 7) is 0.724. The summed E-state index contributed by atoms with van der Waals surface area (Å²) in [4.78, 5) is 13.4. The van der Waals surface area contributed by atoms with Crippen molar-refractivity contribution in [2.24, 2.45) is 4.99 Å². The van der Waals surface area contributed by atoms with Gasteiger partial charge < -0.3 is 10.5 Å². The topological polar surface area (TPSA) is 75.3 Å². The Kier molecular flexibility index (Phi) is 5.06. The Labute approximate surface area is 189 Å². The molecule has 2 N–H and O–H groups in total. The number of rotatable bonds is 2. The highest BCUT2D eigenvalue weighted by atomic mass is 79.9. The molecule has 4 aromatic rings. The van der Waals surface area contributed by atoms with Crippen LogP contribution in [0.4, 0.5) is 10.8 Å². The minimum absolute atomic E-state index is 0.174. The van der Waals surface area contributed by atoms with Gasteiger partial charge in [-0.25, -0.2) is 9.97 Å². The van der Waals surface area contributed by atoms with E-state index in [0.717, 1.165) is 50.2 Å². The van der Waals surface area contributed by atoms with E-state index in [1.54, 1.807) is 12.3 Å². The lowest BCUT2D eigenvalue weighted by Gasteiger charge is -2.12. The number of thiazole rings is 1. The Morgan fingerprint density at radius 3 is 2.87 bits per heavy atom. The molecule has 0 saturated heterocycles. The molecule has 0 saturated carbocycles. The van der Waals surface area contributed by atoms with Gasteiger partial charge in [0.1, 0.15) is 0 Å². The SMILES string of the molecule is On1c2c(cnc1=Nc1nc(-c3ccc(Br)cc3)cs1)CCNc1cc(Cl)ccc1-2. The molecule has 0 bridgehead atoms. The zero-order chi connectivity index (χ0) is 20.7. The van der Waals surface area contributed by atoms with Crippen LogP contribution in [0.5, 0.6) is 0 Å². The number of hydrogen-bond donors (Lipinski definition) is 2. The van der Waals surface area contributed by atoms with E-state index in [2.05, 4.69) is 36.2 Å². The summed E-state index contributed by atoms with van der Waals surface area (Å²) in [6, 6.07) is 13.5. The maximum atomic E-state index is 11.0. The van der Waals surface area contributed by atoms with Crippen molar-refractivity contribution in [3.8, 4) is 22.5 Å². The molecule has 0 radical (unpaired) electrons. The number of hydrogen-bond acceptors (Lipinski definition) is 6. The molecule has 5 rings (SSSR count). The summed E-state index contributed by atoms with van der Waals surface area (Å²) < 4.78 is 2.05. The van der Waals surface area contributed by atoms with Crippen molar-refractivity contribution in [2.45, 2.75) is 6.42 Å². The normalized spacial score (nSPS) is 13.3. The van der Waals surface area contributed by atoms with E-state index < -0.39 is 0 Å². The third-order valence-corrected chi connectivity index (χ3v) is 6.31. The van der Waals surface area contributed by atoms with Crippen molar-refractivity contribution in [2.75, 3.05) is 11.9 Å². The van der Waals surface area contributed by atoms with Crippen molar-refractivity contribution in [1.82, 2.24) is 14.7 Å². The summed E-state index contributed by atoms with van der Waals surface area (Å²) in [7, 11) is 0. The van der Waals surface area contributed by atoms with Crippen LogP contribution in [-0.2, 0) is 6.42 Å². The van der Waals surface area contributed by atoms with Crippen LogP contribution in [-0.4, -0.2) is 26.5 Å². The van der Waals surface area contributed by atoms with Gasteiger partial charge in [0.2, 0.25) is 5.13 Å². The minimum atomic E-state index is 0.174. The summed E-state index contributed by atoms with van der Waals surface area (Å²) in [5, 5.41) is 17.4. The fraction of sp³-hybridized carbons (Fsp3) is 0.0952. The lowest BCUT2D eigenvalue weighted by Crippen LogP contribution is -2.25. The van der Waals surface area contributed by atoms with Crippen LogP contribution in [0.1, 0.15) is 5.56 Å². The zero-order valence-corrected chi connectivity index (χ0v) is 18.7. The number of aromatic nitrogens is 3. The van der Waals surface area contributed by atoms with Gasteiger partial charge in [-0.05, 0) is 36.8 Å². The number of benzene rings is 2. The molecule has 0 amide bonds. The summed E-state index contributed by atoms with van der Waals surface area (Å²) >= 11 is 11.0. The highest BCUT2D eigenvalue weighted by Gasteiger charge is 2.19. The van der Waals surface area contributed by atoms with Crippen molar-refractivity contribution >= 4 is 49.7 Å². The average Bonchev–Trinajstić information content (AvgIpc) is 3.12. The summed E-state index contributed by atoms with van der Waals surface area (Å²) in [5.74, 6) is 0. The number of nitrogens with zero attached hydrogens (tertiary/aromatic N) is 4. The second-order valence-electron chi connectivity index (χ2n) is 6.74. The van der Waals surface area contributed by atoms with E-state index in [4.69, 9.17) is 11.6 Å². The predicted molar refractivity (Wildman–Crippen MR) is 123 cm³/mol. The van der Waals surface area contributed by atoms with Gasteiger partial charge in [0, 0.05) is 50.0 Å². The van der Waals surface area contributed by atoms with Crippen LogP contribution in [0.2, 0.25) is 5.02 Å². The van der Waals surface area contributed by atoms with Gasteiger partial charge in [-0.3, -0.25) is 0 Å². The quantitative estimate of drug-likeness (QED) is 0.355. The molecular weight excluding hydrogens is 486 g/mol. The third-order valence-electron chi connectivity index (χ3n) is 4.82. The zero-order valence-electron chi connectivity index (χ0n) is 15.5. The van der Waals surface area contributed by atoms with Crippen molar-refractivity contribution in [1.29, 1.82) is 0 Å². The molecule has 0 atom stereocenters. The average molecular weight is 501 g/mol. The second-order valence-corrected chi connectivity index (χ2v) is 8.93. The van der Waals surface area contributed by atoms with Crippen molar-refractivity contribution in [3.05, 3.63) is 74.7 Å². The van der Waals surface area contributed by atoms with Crippen LogP contribution in [0.15, 0.2) is 63.5 Å². The van der Waals surface area contributed by atoms with Gasteiger partial charge >= 0.3 is 0 Å². The molecule has 2 aromatic carbocycles. The number of nitrogens with one attached hydrogen (secondary N) is 1. The van der Waals surface area contributed by atoms with Gasteiger partial charge in [0.15, 0.2) is 0 Å². The largest absolute Gasteiger partial charge is 0.425 e. The summed E-state index contributed by atoms with van der Waals surface area (Å²) in [6.07, 6.45) is 2.48. The van der Waals surface area contributed by atoms with Crippen LogP contribution >= 0.6 is 38.9 Å². The van der Waals surface area contributed by atoms with Gasteiger partial charge in [-0.15, -0.1) is 16.1 Å². The van der Waals surface area contributed by atoms with Crippen LogP contribution in [0.25, 0.3) is 22.5 Å². The van der Waals surface area contributed by atoms with Gasteiger partial charge in [-0.2, -0.15) is 4.99 Å². The Morgan fingerprint density at radius 1 is 1.20 bits per heavy atom. The van der Waals surface area contributed by atoms with Crippen LogP contribution in [0.3, 0.4) is 0 Å². The molecular formula is C21H15BrClN5OS. The first-order valence-corrected chi connectivity index (χ1v) is 11.2. The standard InChI is InChI=1S/C21H15BrClN5OS/c22-14-3-1-12(2-4-14)18-11-30-21(26-18)27-20-25-10-13-7-8-24-17-9-15(23)5-6-16(17)19(13)28(20)29/h1-6,9-11,24,29H,7-8H2.